The first-order chi connectivity index (χ1) is 4.83. The molecular weight excluding hydrogens is 128 g/mol. The van der Waals surface area contributed by atoms with Gasteiger partial charge in [-0.3, -0.25) is 5.84 Å². The Morgan fingerprint density at radius 3 is 3.00 bits per heavy atom. The summed E-state index contributed by atoms with van der Waals surface area (Å²) in [4.78, 5) is 0. The van der Waals surface area contributed by atoms with Crippen molar-refractivity contribution >= 4 is 0 Å². The smallest absolute Gasteiger partial charge is 0.286 e. The van der Waals surface area contributed by atoms with Gasteiger partial charge in [-0.2, -0.15) is 0 Å². The van der Waals surface area contributed by atoms with Gasteiger partial charge in [0.05, 0.1) is 0 Å². The van der Waals surface area contributed by atoms with Gasteiger partial charge in [0, 0.05) is 5.10 Å². The van der Waals surface area contributed by atoms with E-state index in [-0.39, 0.29) is 0 Å². The summed E-state index contributed by atoms with van der Waals surface area (Å²) >= 11 is 0. The summed E-state index contributed by atoms with van der Waals surface area (Å²) in [6.45, 7) is 3.11. The van der Waals surface area contributed by atoms with E-state index in [4.69, 9.17) is 5.84 Å². The number of aromatic nitrogens is 3. The van der Waals surface area contributed by atoms with E-state index in [1.54, 1.807) is 12.7 Å². The zero-order valence-corrected chi connectivity index (χ0v) is 6.20. The second-order valence-electron chi connectivity index (χ2n) is 2.31. The van der Waals surface area contributed by atoms with Crippen LogP contribution in [0.3, 0.4) is 0 Å². The van der Waals surface area contributed by atoms with Crippen LogP contribution in [-0.2, 0) is 6.54 Å². The fraction of sp³-hybridized carbons (Fsp3) is 0.667. The topological polar surface area (TPSA) is 47.7 Å². The molecule has 0 saturated heterocycles. The Bertz CT molecular complexity index is 193. The van der Waals surface area contributed by atoms with Crippen molar-refractivity contribution in [3.8, 4) is 0 Å². The molecule has 0 unspecified atom stereocenters. The predicted molar refractivity (Wildman–Crippen MR) is 37.5 cm³/mol. The number of nitrogens with zero attached hydrogens (tertiary/aromatic N) is 3. The van der Waals surface area contributed by atoms with E-state index >= 15 is 0 Å². The van der Waals surface area contributed by atoms with Crippen LogP contribution < -0.4 is 10.5 Å². The van der Waals surface area contributed by atoms with Crippen molar-refractivity contribution in [2.24, 2.45) is 0 Å². The van der Waals surface area contributed by atoms with Crippen LogP contribution in [0.4, 0.5) is 0 Å². The molecule has 2 N–H and O–H groups in total. The van der Waals surface area contributed by atoms with E-state index in [9.17, 15) is 0 Å². The van der Waals surface area contributed by atoms with Gasteiger partial charge < -0.3 is 0 Å². The molecule has 0 aliphatic rings. The van der Waals surface area contributed by atoms with Gasteiger partial charge in [0.15, 0.2) is 0 Å². The van der Waals surface area contributed by atoms with Crippen LogP contribution in [0.2, 0.25) is 0 Å². The molecule has 1 aromatic rings. The van der Waals surface area contributed by atoms with Gasteiger partial charge in [-0.1, -0.05) is 13.3 Å². The van der Waals surface area contributed by atoms with E-state index in [1.165, 1.54) is 11.1 Å². The Hall–Kier alpha value is -1.06. The Morgan fingerprint density at radius 2 is 2.50 bits per heavy atom. The molecule has 0 saturated carbocycles. The van der Waals surface area contributed by atoms with Gasteiger partial charge in [-0.05, 0) is 6.42 Å². The first kappa shape index (κ1) is 7.05. The van der Waals surface area contributed by atoms with Crippen LogP contribution in [0.1, 0.15) is 19.8 Å². The first-order valence-electron chi connectivity index (χ1n) is 3.51. The summed E-state index contributed by atoms with van der Waals surface area (Å²) in [7, 11) is 0. The van der Waals surface area contributed by atoms with Gasteiger partial charge in [0.2, 0.25) is 6.33 Å². The van der Waals surface area contributed by atoms with Crippen molar-refractivity contribution < 1.29 is 4.68 Å². The lowest BCUT2D eigenvalue weighted by molar-refractivity contribution is -0.639. The Balaban J connectivity index is 2.42. The Morgan fingerprint density at radius 1 is 1.70 bits per heavy atom. The Kier molecular flexibility index (Phi) is 2.25. The quantitative estimate of drug-likeness (QED) is 0.463. The lowest BCUT2D eigenvalue weighted by atomic mass is 10.3. The minimum absolute atomic E-state index is 0.959. The average molecular weight is 141 g/mol. The molecule has 4 heteroatoms. The zero-order valence-electron chi connectivity index (χ0n) is 6.20. The minimum Gasteiger partial charge on any atom is -0.289 e. The summed E-state index contributed by atoms with van der Waals surface area (Å²) in [5.41, 5.74) is 0. The van der Waals surface area contributed by atoms with Crippen molar-refractivity contribution in [2.45, 2.75) is 26.3 Å². The van der Waals surface area contributed by atoms with Gasteiger partial charge in [0.1, 0.15) is 6.54 Å². The van der Waals surface area contributed by atoms with Gasteiger partial charge in [-0.15, -0.1) is 9.36 Å². The summed E-state index contributed by atoms with van der Waals surface area (Å²) in [5, 5.41) is 4.01. The van der Waals surface area contributed by atoms with E-state index < -0.39 is 0 Å². The summed E-state index contributed by atoms with van der Waals surface area (Å²) in [5.74, 6) is 5.38. The molecule has 10 heavy (non-hydrogen) atoms. The van der Waals surface area contributed by atoms with Gasteiger partial charge in [-0.25, -0.2) is 0 Å². The SMILES string of the molecule is CCCCn1c[n+](N)cn1. The van der Waals surface area contributed by atoms with Crippen LogP contribution in [0.25, 0.3) is 0 Å². The number of nitrogens with two attached hydrogens (primary N) is 1. The molecule has 4 nitrogen and oxygen atoms in total. The molecule has 56 valence electrons. The average Bonchev–Trinajstić information content (AvgIpc) is 2.31. The molecule has 0 radical (unpaired) electrons. The van der Waals surface area contributed by atoms with Crippen molar-refractivity contribution in [1.29, 1.82) is 0 Å². The van der Waals surface area contributed by atoms with Crippen molar-refractivity contribution in [3.63, 3.8) is 0 Å². The molecule has 0 aromatic carbocycles. The van der Waals surface area contributed by atoms with Crippen molar-refractivity contribution in [2.75, 3.05) is 5.84 Å². The highest BCUT2D eigenvalue weighted by Crippen LogP contribution is 1.88. The largest absolute Gasteiger partial charge is 0.289 e. The fourth-order valence-electron chi connectivity index (χ4n) is 0.775. The second kappa shape index (κ2) is 3.20. The van der Waals surface area contributed by atoms with E-state index in [0.717, 1.165) is 13.0 Å². The van der Waals surface area contributed by atoms with E-state index in [2.05, 4.69) is 12.0 Å². The molecule has 0 spiro atoms. The molecule has 1 heterocycles. The monoisotopic (exact) mass is 141 g/mol. The third kappa shape index (κ3) is 1.72. The van der Waals surface area contributed by atoms with Gasteiger partial charge in [0.25, 0.3) is 6.33 Å². The molecule has 0 fully saturated rings. The minimum atomic E-state index is 0.959. The summed E-state index contributed by atoms with van der Waals surface area (Å²) in [6, 6.07) is 0. The molecule has 0 atom stereocenters. The maximum atomic E-state index is 5.38. The molecule has 0 bridgehead atoms. The maximum Gasteiger partial charge on any atom is 0.286 e. The standard InChI is InChI=1S/C6H13N4/c1-2-3-4-10-6-9(7)5-8-10/h5-6H,2-4,7H2,1H3/q+1. The van der Waals surface area contributed by atoms with Crippen molar-refractivity contribution in [3.05, 3.63) is 12.7 Å². The summed E-state index contributed by atoms with van der Waals surface area (Å²) < 4.78 is 3.29. The number of hydrogen-bond donors (Lipinski definition) is 1. The normalized spacial score (nSPS) is 10.1. The number of rotatable bonds is 3. The van der Waals surface area contributed by atoms with Crippen LogP contribution in [0.15, 0.2) is 12.7 Å². The van der Waals surface area contributed by atoms with Gasteiger partial charge >= 0.3 is 0 Å². The molecule has 0 aliphatic heterocycles. The van der Waals surface area contributed by atoms with Crippen LogP contribution >= 0.6 is 0 Å². The number of hydrogen-bond acceptors (Lipinski definition) is 2. The van der Waals surface area contributed by atoms with Crippen molar-refractivity contribution in [1.82, 2.24) is 9.78 Å². The summed E-state index contributed by atoms with van der Waals surface area (Å²) in [6.07, 6.45) is 5.71. The fourth-order valence-corrected chi connectivity index (χ4v) is 0.775. The van der Waals surface area contributed by atoms with Crippen LogP contribution in [-0.4, -0.2) is 9.78 Å². The maximum absolute atomic E-state index is 5.38. The highest BCUT2D eigenvalue weighted by molar-refractivity contribution is 4.45. The Labute approximate surface area is 60.2 Å². The molecule has 1 aromatic heterocycles. The number of nitrogen functional groups attached to an aromatic ring is 1. The number of aryl methyl sites for hydroxylation is 1. The van der Waals surface area contributed by atoms with E-state index in [1.807, 2.05) is 4.68 Å². The first-order valence-corrected chi connectivity index (χ1v) is 3.51. The molecule has 0 aliphatic carbocycles. The molecule has 0 amide bonds. The van der Waals surface area contributed by atoms with Crippen LogP contribution in [0.5, 0.6) is 0 Å². The zero-order chi connectivity index (χ0) is 7.40. The lowest BCUT2D eigenvalue weighted by Gasteiger charge is -1.87. The number of unbranched alkanes of at least 4 members (excludes halogenated alkanes) is 1. The van der Waals surface area contributed by atoms with E-state index in [0.29, 0.717) is 0 Å². The highest BCUT2D eigenvalue weighted by Gasteiger charge is 1.99. The molecular formula is C6H13N4+. The molecule has 1 rings (SSSR count). The van der Waals surface area contributed by atoms with Crippen LogP contribution in [0, 0.1) is 0 Å². The second-order valence-corrected chi connectivity index (χ2v) is 2.31. The third-order valence-electron chi connectivity index (χ3n) is 1.34. The lowest BCUT2D eigenvalue weighted by Crippen LogP contribution is -2.41. The predicted octanol–water partition coefficient (Wildman–Crippen LogP) is -0.315. The third-order valence-corrected chi connectivity index (χ3v) is 1.34. The highest BCUT2D eigenvalue weighted by atomic mass is 15.4.